The van der Waals surface area contributed by atoms with Crippen molar-refractivity contribution in [3.05, 3.63) is 42.7 Å². The van der Waals surface area contributed by atoms with E-state index in [1.54, 1.807) is 25.5 Å². The number of nitrogens with two attached hydrogens (primary N) is 1. The first kappa shape index (κ1) is 24.9. The third-order valence-corrected chi connectivity index (χ3v) is 7.11. The van der Waals surface area contributed by atoms with Crippen molar-refractivity contribution in [3.63, 3.8) is 0 Å². The fraction of sp³-hybridized carbons (Fsp3) is 0.423. The molecule has 0 saturated carbocycles. The number of piperazine rings is 1. The molecule has 204 valence electrons. The molecule has 1 aromatic carbocycles. The number of benzene rings is 1. The van der Waals surface area contributed by atoms with Crippen LogP contribution in [0.25, 0.3) is 17.4 Å². The first-order valence-corrected chi connectivity index (χ1v) is 13.1. The zero-order chi connectivity index (χ0) is 26.8. The Morgan fingerprint density at radius 1 is 1.05 bits per heavy atom. The van der Waals surface area contributed by atoms with Gasteiger partial charge in [0.2, 0.25) is 23.6 Å². The molecule has 0 unspecified atom stereocenters. The number of amides is 1. The Labute approximate surface area is 225 Å². The summed E-state index contributed by atoms with van der Waals surface area (Å²) in [4.78, 5) is 33.3. The van der Waals surface area contributed by atoms with Crippen molar-refractivity contribution in [2.24, 2.45) is 0 Å². The summed E-state index contributed by atoms with van der Waals surface area (Å²) < 4.78 is 17.5. The van der Waals surface area contributed by atoms with E-state index in [1.165, 1.54) is 4.52 Å². The molecule has 2 saturated heterocycles. The number of nitrogen functional groups attached to an aromatic ring is 1. The van der Waals surface area contributed by atoms with Gasteiger partial charge in [-0.1, -0.05) is 0 Å². The number of anilines is 3. The molecule has 2 fully saturated rings. The highest BCUT2D eigenvalue weighted by Crippen LogP contribution is 2.27. The van der Waals surface area contributed by atoms with Gasteiger partial charge in [-0.3, -0.25) is 4.79 Å². The number of fused-ring (bicyclic) bond motifs is 1. The highest BCUT2D eigenvalue weighted by atomic mass is 16.5. The van der Waals surface area contributed by atoms with E-state index in [0.29, 0.717) is 56.2 Å². The minimum absolute atomic E-state index is 0.0915. The Kier molecular flexibility index (Phi) is 6.88. The Morgan fingerprint density at radius 3 is 2.62 bits per heavy atom. The maximum atomic E-state index is 13.6. The number of carbonyl (C=O) groups excluding carboxylic acids is 1. The summed E-state index contributed by atoms with van der Waals surface area (Å²) in [6, 6.07) is 11.2. The van der Waals surface area contributed by atoms with Crippen molar-refractivity contribution < 1.29 is 18.7 Å². The Balaban J connectivity index is 1.11. The maximum Gasteiger partial charge on any atom is 0.259 e. The van der Waals surface area contributed by atoms with Gasteiger partial charge < -0.3 is 34.3 Å². The first-order valence-electron chi connectivity index (χ1n) is 13.1. The van der Waals surface area contributed by atoms with Gasteiger partial charge in [0.1, 0.15) is 18.4 Å². The van der Waals surface area contributed by atoms with Crippen LogP contribution in [-0.4, -0.2) is 94.5 Å². The molecule has 0 bridgehead atoms. The highest BCUT2D eigenvalue weighted by Gasteiger charge is 2.37. The van der Waals surface area contributed by atoms with Crippen LogP contribution in [0.4, 0.5) is 17.6 Å². The van der Waals surface area contributed by atoms with Crippen molar-refractivity contribution in [3.8, 4) is 17.3 Å². The largest absolute Gasteiger partial charge is 0.491 e. The summed E-state index contributed by atoms with van der Waals surface area (Å²) in [5.41, 5.74) is 7.32. The molecule has 2 N–H and O–H groups in total. The lowest BCUT2D eigenvalue weighted by Crippen LogP contribution is -2.54. The molecular formula is C26H31N9O4. The Morgan fingerprint density at radius 2 is 1.87 bits per heavy atom. The predicted molar refractivity (Wildman–Crippen MR) is 144 cm³/mol. The van der Waals surface area contributed by atoms with Gasteiger partial charge in [-0.25, -0.2) is 0 Å². The molecule has 0 spiro atoms. The van der Waals surface area contributed by atoms with Crippen LogP contribution >= 0.6 is 0 Å². The SMILES string of the molecule is COCCOc1ccc(N2CCN(C(=O)[C@@H]3CCCN3c3nc(N)n4nc(-c5ccco5)nc4n3)CC2)cc1. The average molecular weight is 534 g/mol. The summed E-state index contributed by atoms with van der Waals surface area (Å²) in [6.45, 7) is 4.55. The van der Waals surface area contributed by atoms with Crippen molar-refractivity contribution >= 4 is 29.3 Å². The van der Waals surface area contributed by atoms with Crippen molar-refractivity contribution in [2.75, 3.05) is 68.6 Å². The van der Waals surface area contributed by atoms with Crippen molar-refractivity contribution in [2.45, 2.75) is 18.9 Å². The second-order valence-corrected chi connectivity index (χ2v) is 9.51. The lowest BCUT2D eigenvalue weighted by atomic mass is 10.1. The average Bonchev–Trinajstić information content (AvgIpc) is 3.74. The van der Waals surface area contributed by atoms with E-state index in [4.69, 9.17) is 19.6 Å². The van der Waals surface area contributed by atoms with E-state index in [1.807, 2.05) is 21.9 Å². The fourth-order valence-corrected chi connectivity index (χ4v) is 5.09. The monoisotopic (exact) mass is 533 g/mol. The van der Waals surface area contributed by atoms with E-state index in [9.17, 15) is 4.79 Å². The van der Waals surface area contributed by atoms with Gasteiger partial charge in [0.25, 0.3) is 5.78 Å². The first-order chi connectivity index (χ1) is 19.1. The second-order valence-electron chi connectivity index (χ2n) is 9.51. The molecule has 6 rings (SSSR count). The van der Waals surface area contributed by atoms with Gasteiger partial charge in [0.05, 0.1) is 12.9 Å². The number of hydrogen-bond donors (Lipinski definition) is 1. The van der Waals surface area contributed by atoms with Crippen LogP contribution in [0.5, 0.6) is 5.75 Å². The van der Waals surface area contributed by atoms with E-state index < -0.39 is 0 Å². The highest BCUT2D eigenvalue weighted by molar-refractivity contribution is 5.85. The number of methoxy groups -OCH3 is 1. The topological polar surface area (TPSA) is 140 Å². The number of aromatic nitrogens is 5. The zero-order valence-corrected chi connectivity index (χ0v) is 21.8. The number of carbonyl (C=O) groups is 1. The molecule has 3 aromatic heterocycles. The summed E-state index contributed by atoms with van der Waals surface area (Å²) in [7, 11) is 1.65. The molecule has 5 heterocycles. The predicted octanol–water partition coefficient (Wildman–Crippen LogP) is 1.70. The van der Waals surface area contributed by atoms with Gasteiger partial charge in [-0.2, -0.15) is 19.5 Å². The Bertz CT molecular complexity index is 1420. The Hall–Kier alpha value is -4.39. The van der Waals surface area contributed by atoms with Gasteiger partial charge in [-0.05, 0) is 49.2 Å². The van der Waals surface area contributed by atoms with E-state index in [0.717, 1.165) is 37.4 Å². The molecule has 13 nitrogen and oxygen atoms in total. The van der Waals surface area contributed by atoms with Gasteiger partial charge in [0.15, 0.2) is 5.76 Å². The van der Waals surface area contributed by atoms with Crippen LogP contribution in [0.2, 0.25) is 0 Å². The third kappa shape index (κ3) is 5.04. The standard InChI is InChI=1S/C26H31N9O4/c1-37-16-17-38-19-8-6-18(7-9-19)32-11-13-33(14-12-32)23(36)20-4-2-10-34(20)25-29-24(27)35-26(30-25)28-22(31-35)21-5-3-15-39-21/h3,5-9,15,20H,2,4,10-14,16-17H2,1H3,(H2,27,28,29,30,31)/t20-/m0/s1. The number of hydrogen-bond acceptors (Lipinski definition) is 11. The molecule has 4 aromatic rings. The van der Waals surface area contributed by atoms with E-state index in [2.05, 4.69) is 37.1 Å². The smallest absolute Gasteiger partial charge is 0.259 e. The lowest BCUT2D eigenvalue weighted by molar-refractivity contribution is -0.132. The van der Waals surface area contributed by atoms with Crippen molar-refractivity contribution in [1.82, 2.24) is 29.5 Å². The van der Waals surface area contributed by atoms with Crippen LogP contribution in [0.1, 0.15) is 12.8 Å². The van der Waals surface area contributed by atoms with E-state index in [-0.39, 0.29) is 17.9 Å². The summed E-state index contributed by atoms with van der Waals surface area (Å²) in [5.74, 6) is 2.65. The molecule has 2 aliphatic rings. The summed E-state index contributed by atoms with van der Waals surface area (Å²) in [6.07, 6.45) is 3.16. The van der Waals surface area contributed by atoms with Gasteiger partial charge in [0, 0.05) is 45.5 Å². The number of rotatable bonds is 8. The molecule has 13 heteroatoms. The van der Waals surface area contributed by atoms with E-state index >= 15 is 0 Å². The number of nitrogens with zero attached hydrogens (tertiary/aromatic N) is 8. The van der Waals surface area contributed by atoms with Crippen LogP contribution in [0, 0.1) is 0 Å². The minimum atomic E-state index is -0.339. The molecule has 2 aliphatic heterocycles. The normalized spacial score (nSPS) is 17.8. The summed E-state index contributed by atoms with van der Waals surface area (Å²) in [5, 5.41) is 4.35. The fourth-order valence-electron chi connectivity index (χ4n) is 5.09. The van der Waals surface area contributed by atoms with Gasteiger partial charge in [-0.15, -0.1) is 5.10 Å². The molecule has 1 atom stereocenters. The summed E-state index contributed by atoms with van der Waals surface area (Å²) >= 11 is 0. The second kappa shape index (κ2) is 10.8. The molecule has 0 aliphatic carbocycles. The lowest BCUT2D eigenvalue weighted by Gasteiger charge is -2.38. The molecular weight excluding hydrogens is 502 g/mol. The third-order valence-electron chi connectivity index (χ3n) is 7.11. The molecule has 39 heavy (non-hydrogen) atoms. The quantitative estimate of drug-likeness (QED) is 0.331. The minimum Gasteiger partial charge on any atom is -0.491 e. The van der Waals surface area contributed by atoms with Crippen LogP contribution in [0.3, 0.4) is 0 Å². The van der Waals surface area contributed by atoms with Crippen LogP contribution in [0.15, 0.2) is 47.1 Å². The van der Waals surface area contributed by atoms with Crippen molar-refractivity contribution in [1.29, 1.82) is 0 Å². The number of furan rings is 1. The van der Waals surface area contributed by atoms with Gasteiger partial charge >= 0.3 is 0 Å². The molecule has 1 amide bonds. The molecule has 0 radical (unpaired) electrons. The maximum absolute atomic E-state index is 13.6. The van der Waals surface area contributed by atoms with Crippen LogP contribution < -0.4 is 20.3 Å². The van der Waals surface area contributed by atoms with Crippen LogP contribution in [-0.2, 0) is 9.53 Å². The zero-order valence-electron chi connectivity index (χ0n) is 21.8. The number of ether oxygens (including phenoxy) is 2.